The Labute approximate surface area is 126 Å². The van der Waals surface area contributed by atoms with E-state index in [0.29, 0.717) is 17.3 Å². The number of hydrogen-bond donors (Lipinski definition) is 1. The van der Waals surface area contributed by atoms with E-state index in [2.05, 4.69) is 15.2 Å². The van der Waals surface area contributed by atoms with Gasteiger partial charge in [-0.2, -0.15) is 0 Å². The van der Waals surface area contributed by atoms with E-state index in [1.54, 1.807) is 12.3 Å². The van der Waals surface area contributed by atoms with Crippen LogP contribution in [0, 0.1) is 5.82 Å². The summed E-state index contributed by atoms with van der Waals surface area (Å²) in [6.07, 6.45) is 3.85. The Morgan fingerprint density at radius 1 is 1.38 bits per heavy atom. The number of likely N-dealkylation sites (tertiary alicyclic amines) is 1. The number of aliphatic hydroxyl groups is 1. The van der Waals surface area contributed by atoms with Gasteiger partial charge in [0.1, 0.15) is 5.82 Å². The maximum atomic E-state index is 13.4. The molecule has 1 aliphatic heterocycles. The van der Waals surface area contributed by atoms with Crippen LogP contribution in [0.15, 0.2) is 24.4 Å². The molecule has 0 amide bonds. The highest BCUT2D eigenvalue weighted by Gasteiger charge is 2.24. The second kappa shape index (κ2) is 6.09. The van der Waals surface area contributed by atoms with Gasteiger partial charge in [-0.25, -0.2) is 9.07 Å². The van der Waals surface area contributed by atoms with E-state index in [-0.39, 0.29) is 12.6 Å². The zero-order valence-corrected chi connectivity index (χ0v) is 12.2. The standard InChI is InChI=1S/C14H16ClFN4O/c15-10-4-11(16)6-14(5-10)20-8-12(17-18-20)7-19-3-1-2-13(19)9-21/h4-6,8,13,21H,1-3,7,9H2. The lowest BCUT2D eigenvalue weighted by atomic mass is 10.2. The number of benzene rings is 1. The van der Waals surface area contributed by atoms with Crippen molar-refractivity contribution in [3.05, 3.63) is 40.9 Å². The Balaban J connectivity index is 1.77. The summed E-state index contributed by atoms with van der Waals surface area (Å²) in [6, 6.07) is 4.43. The lowest BCUT2D eigenvalue weighted by molar-refractivity contribution is 0.152. The van der Waals surface area contributed by atoms with E-state index in [1.165, 1.54) is 16.8 Å². The van der Waals surface area contributed by atoms with Crippen LogP contribution in [0.25, 0.3) is 5.69 Å². The quantitative estimate of drug-likeness (QED) is 0.938. The minimum absolute atomic E-state index is 0.160. The van der Waals surface area contributed by atoms with Gasteiger partial charge in [0, 0.05) is 17.6 Å². The SMILES string of the molecule is OCC1CCCN1Cc1cn(-c2cc(F)cc(Cl)c2)nn1. The molecule has 5 nitrogen and oxygen atoms in total. The molecular weight excluding hydrogens is 295 g/mol. The van der Waals surface area contributed by atoms with Gasteiger partial charge in [0.2, 0.25) is 0 Å². The zero-order chi connectivity index (χ0) is 14.8. The molecule has 0 saturated carbocycles. The van der Waals surface area contributed by atoms with Crippen molar-refractivity contribution in [3.8, 4) is 5.69 Å². The topological polar surface area (TPSA) is 54.2 Å². The van der Waals surface area contributed by atoms with Crippen molar-refractivity contribution < 1.29 is 9.50 Å². The first kappa shape index (κ1) is 14.4. The van der Waals surface area contributed by atoms with Gasteiger partial charge < -0.3 is 5.11 Å². The lowest BCUT2D eigenvalue weighted by Crippen LogP contribution is -2.31. The zero-order valence-electron chi connectivity index (χ0n) is 11.4. The minimum atomic E-state index is -0.408. The van der Waals surface area contributed by atoms with Gasteiger partial charge in [0.15, 0.2) is 0 Å². The number of hydrogen-bond acceptors (Lipinski definition) is 4. The Bertz CT molecular complexity index is 613. The van der Waals surface area contributed by atoms with Gasteiger partial charge >= 0.3 is 0 Å². The molecule has 21 heavy (non-hydrogen) atoms. The molecule has 0 radical (unpaired) electrons. The van der Waals surface area contributed by atoms with E-state index in [0.717, 1.165) is 25.1 Å². The van der Waals surface area contributed by atoms with Crippen LogP contribution in [0.2, 0.25) is 5.02 Å². The third-order valence-electron chi connectivity index (χ3n) is 3.73. The third kappa shape index (κ3) is 3.23. The van der Waals surface area contributed by atoms with Gasteiger partial charge in [-0.1, -0.05) is 16.8 Å². The predicted molar refractivity (Wildman–Crippen MR) is 76.8 cm³/mol. The minimum Gasteiger partial charge on any atom is -0.395 e. The highest BCUT2D eigenvalue weighted by Crippen LogP contribution is 2.20. The average molecular weight is 311 g/mol. The molecule has 1 saturated heterocycles. The molecule has 112 valence electrons. The smallest absolute Gasteiger partial charge is 0.126 e. The van der Waals surface area contributed by atoms with Crippen LogP contribution in [0.3, 0.4) is 0 Å². The molecule has 1 atom stereocenters. The molecule has 1 aromatic heterocycles. The summed E-state index contributed by atoms with van der Waals surface area (Å²) in [5.41, 5.74) is 1.33. The number of rotatable bonds is 4. The van der Waals surface area contributed by atoms with Gasteiger partial charge in [-0.3, -0.25) is 4.90 Å². The first-order valence-corrected chi connectivity index (χ1v) is 7.26. The van der Waals surface area contributed by atoms with E-state index >= 15 is 0 Å². The van der Waals surface area contributed by atoms with Crippen LogP contribution in [-0.4, -0.2) is 44.2 Å². The van der Waals surface area contributed by atoms with Crippen LogP contribution in [0.5, 0.6) is 0 Å². The maximum Gasteiger partial charge on any atom is 0.126 e. The summed E-state index contributed by atoms with van der Waals surface area (Å²) >= 11 is 5.84. The van der Waals surface area contributed by atoms with Gasteiger partial charge in [-0.05, 0) is 37.6 Å². The highest BCUT2D eigenvalue weighted by molar-refractivity contribution is 6.30. The number of halogens is 2. The fourth-order valence-corrected chi connectivity index (χ4v) is 2.90. The molecule has 1 aliphatic rings. The first-order valence-electron chi connectivity index (χ1n) is 6.88. The summed E-state index contributed by atoms with van der Waals surface area (Å²) < 4.78 is 14.9. The van der Waals surface area contributed by atoms with Crippen molar-refractivity contribution in [2.45, 2.75) is 25.4 Å². The van der Waals surface area contributed by atoms with Crippen LogP contribution < -0.4 is 0 Å². The van der Waals surface area contributed by atoms with Crippen molar-refractivity contribution in [2.24, 2.45) is 0 Å². The third-order valence-corrected chi connectivity index (χ3v) is 3.95. The van der Waals surface area contributed by atoms with Crippen molar-refractivity contribution in [1.82, 2.24) is 19.9 Å². The van der Waals surface area contributed by atoms with Crippen LogP contribution >= 0.6 is 11.6 Å². The van der Waals surface area contributed by atoms with E-state index < -0.39 is 5.82 Å². The van der Waals surface area contributed by atoms with Gasteiger partial charge in [0.25, 0.3) is 0 Å². The van der Waals surface area contributed by atoms with Crippen molar-refractivity contribution in [2.75, 3.05) is 13.2 Å². The predicted octanol–water partition coefficient (Wildman–Crippen LogP) is 2.02. The normalized spacial score (nSPS) is 19.3. The Hall–Kier alpha value is -1.50. The summed E-state index contributed by atoms with van der Waals surface area (Å²) in [4.78, 5) is 2.19. The second-order valence-electron chi connectivity index (χ2n) is 5.23. The molecular formula is C14H16ClFN4O. The number of nitrogens with zero attached hydrogens (tertiary/aromatic N) is 4. The van der Waals surface area contributed by atoms with Gasteiger partial charge in [-0.15, -0.1) is 5.10 Å². The van der Waals surface area contributed by atoms with Crippen LogP contribution in [-0.2, 0) is 6.54 Å². The number of aliphatic hydroxyl groups excluding tert-OH is 1. The Morgan fingerprint density at radius 2 is 2.24 bits per heavy atom. The first-order chi connectivity index (χ1) is 10.2. The molecule has 0 spiro atoms. The Morgan fingerprint density at radius 3 is 3.00 bits per heavy atom. The summed E-state index contributed by atoms with van der Waals surface area (Å²) in [6.45, 7) is 1.74. The number of aromatic nitrogens is 3. The van der Waals surface area contributed by atoms with Gasteiger partial charge in [0.05, 0.1) is 24.2 Å². The molecule has 2 aromatic rings. The fourth-order valence-electron chi connectivity index (χ4n) is 2.69. The molecule has 0 bridgehead atoms. The molecule has 2 heterocycles. The summed E-state index contributed by atoms with van der Waals surface area (Å²) in [7, 11) is 0. The maximum absolute atomic E-state index is 13.4. The van der Waals surface area contributed by atoms with Crippen molar-refractivity contribution in [1.29, 1.82) is 0 Å². The Kier molecular flexibility index (Phi) is 4.19. The van der Waals surface area contributed by atoms with E-state index in [9.17, 15) is 9.50 Å². The largest absolute Gasteiger partial charge is 0.395 e. The average Bonchev–Trinajstić information content (AvgIpc) is 3.07. The van der Waals surface area contributed by atoms with Crippen LogP contribution in [0.1, 0.15) is 18.5 Å². The van der Waals surface area contributed by atoms with E-state index in [4.69, 9.17) is 11.6 Å². The lowest BCUT2D eigenvalue weighted by Gasteiger charge is -2.20. The van der Waals surface area contributed by atoms with E-state index in [1.807, 2.05) is 0 Å². The monoisotopic (exact) mass is 310 g/mol. The summed E-state index contributed by atoms with van der Waals surface area (Å²) in [5, 5.41) is 17.8. The fraction of sp³-hybridized carbons (Fsp3) is 0.429. The van der Waals surface area contributed by atoms with Crippen LogP contribution in [0.4, 0.5) is 4.39 Å². The molecule has 1 fully saturated rings. The molecule has 0 aliphatic carbocycles. The highest BCUT2D eigenvalue weighted by atomic mass is 35.5. The molecule has 3 rings (SSSR count). The van der Waals surface area contributed by atoms with Crippen molar-refractivity contribution >= 4 is 11.6 Å². The molecule has 1 N–H and O–H groups in total. The van der Waals surface area contributed by atoms with Crippen molar-refractivity contribution in [3.63, 3.8) is 0 Å². The molecule has 7 heteroatoms. The molecule has 1 aromatic carbocycles. The molecule has 1 unspecified atom stereocenters. The summed E-state index contributed by atoms with van der Waals surface area (Å²) in [5.74, 6) is -0.408. The second-order valence-corrected chi connectivity index (χ2v) is 5.67.